The van der Waals surface area contributed by atoms with Crippen LogP contribution >= 0.6 is 11.3 Å². The molecule has 12 heteroatoms. The summed E-state index contributed by atoms with van der Waals surface area (Å²) in [6, 6.07) is 11.7. The van der Waals surface area contributed by atoms with E-state index in [1.807, 2.05) is 11.5 Å². The molecule has 6 rings (SSSR count). The number of ether oxygens (including phenoxy) is 2. The second-order valence-electron chi connectivity index (χ2n) is 10.9. The Morgan fingerprint density at radius 3 is 2.69 bits per heavy atom. The molecule has 0 aliphatic carbocycles. The van der Waals surface area contributed by atoms with Gasteiger partial charge in [-0.1, -0.05) is 31.3 Å². The SMILES string of the molecule is Cc1nnc(COc2cccc(-c3cc(F)c(Cc4nc5ccc(C(=O)O)cc5n4C4COCC4(C)C)cc3F)n2)s1. The van der Waals surface area contributed by atoms with Crippen molar-refractivity contribution in [2.45, 2.75) is 39.8 Å². The highest BCUT2D eigenvalue weighted by molar-refractivity contribution is 7.11. The van der Waals surface area contributed by atoms with Crippen LogP contribution in [0.5, 0.6) is 5.88 Å². The molecule has 1 unspecified atom stereocenters. The molecule has 0 amide bonds. The van der Waals surface area contributed by atoms with Crippen molar-refractivity contribution in [2.75, 3.05) is 13.2 Å². The van der Waals surface area contributed by atoms with Crippen LogP contribution in [-0.4, -0.2) is 49.0 Å². The molecular weight excluding hydrogens is 564 g/mol. The minimum Gasteiger partial charge on any atom is -0.478 e. The average molecular weight is 592 g/mol. The van der Waals surface area contributed by atoms with Crippen LogP contribution in [0.1, 0.15) is 51.7 Å². The Morgan fingerprint density at radius 1 is 1.14 bits per heavy atom. The number of halogens is 2. The molecule has 1 aliphatic rings. The van der Waals surface area contributed by atoms with Gasteiger partial charge in [-0.2, -0.15) is 0 Å². The molecule has 3 aromatic heterocycles. The van der Waals surface area contributed by atoms with Gasteiger partial charge in [-0.15, -0.1) is 10.2 Å². The number of hydrogen-bond acceptors (Lipinski definition) is 8. The molecule has 0 spiro atoms. The minimum atomic E-state index is -1.06. The van der Waals surface area contributed by atoms with Gasteiger partial charge in [-0.3, -0.25) is 0 Å². The molecule has 4 heterocycles. The number of aryl methyl sites for hydroxylation is 1. The summed E-state index contributed by atoms with van der Waals surface area (Å²) in [7, 11) is 0. The third kappa shape index (κ3) is 5.35. The van der Waals surface area contributed by atoms with Crippen molar-refractivity contribution in [2.24, 2.45) is 5.41 Å². The number of pyridine rings is 1. The zero-order valence-electron chi connectivity index (χ0n) is 23.1. The van der Waals surface area contributed by atoms with Crippen LogP contribution in [0.15, 0.2) is 48.5 Å². The highest BCUT2D eigenvalue weighted by Crippen LogP contribution is 2.40. The van der Waals surface area contributed by atoms with Gasteiger partial charge in [0.05, 0.1) is 41.5 Å². The Hall–Kier alpha value is -4.29. The summed E-state index contributed by atoms with van der Waals surface area (Å²) in [5.41, 5.74) is 1.34. The Bertz CT molecular complexity index is 1820. The standard InChI is InChI=1S/C30H27F2N5O4S/c1-16-35-36-28(42-16)14-41-27-6-4-5-22(34-27)19-12-20(31)18(9-21(19)32)11-26-33-23-8-7-17(29(38)39)10-24(23)37(26)25-13-40-15-30(25,2)3/h4-10,12,25H,11,13-15H2,1-3H3,(H,38,39). The van der Waals surface area contributed by atoms with Gasteiger partial charge in [0.25, 0.3) is 0 Å². The maximum Gasteiger partial charge on any atom is 0.335 e. The summed E-state index contributed by atoms with van der Waals surface area (Å²) < 4.78 is 44.5. The van der Waals surface area contributed by atoms with E-state index in [1.165, 1.54) is 17.4 Å². The maximum absolute atomic E-state index is 15.6. The van der Waals surface area contributed by atoms with Gasteiger partial charge in [0.2, 0.25) is 5.88 Å². The van der Waals surface area contributed by atoms with E-state index < -0.39 is 17.6 Å². The molecule has 1 saturated heterocycles. The molecule has 1 atom stereocenters. The molecule has 0 saturated carbocycles. The highest BCUT2D eigenvalue weighted by Gasteiger charge is 2.39. The first-order chi connectivity index (χ1) is 20.1. The normalized spacial score (nSPS) is 16.3. The predicted molar refractivity (Wildman–Crippen MR) is 152 cm³/mol. The van der Waals surface area contributed by atoms with Crippen LogP contribution in [0.3, 0.4) is 0 Å². The second-order valence-corrected chi connectivity index (χ2v) is 12.2. The van der Waals surface area contributed by atoms with Gasteiger partial charge in [0, 0.05) is 23.5 Å². The minimum absolute atomic E-state index is 0.00149. The number of fused-ring (bicyclic) bond motifs is 1. The lowest BCUT2D eigenvalue weighted by molar-refractivity contribution is 0.0697. The Morgan fingerprint density at radius 2 is 1.98 bits per heavy atom. The van der Waals surface area contributed by atoms with Crippen molar-refractivity contribution in [3.8, 4) is 17.1 Å². The van der Waals surface area contributed by atoms with E-state index in [9.17, 15) is 9.90 Å². The first-order valence-electron chi connectivity index (χ1n) is 13.3. The number of carboxylic acid groups (broad SMARTS) is 1. The molecule has 9 nitrogen and oxygen atoms in total. The Balaban J connectivity index is 1.33. The van der Waals surface area contributed by atoms with E-state index in [2.05, 4.69) is 29.0 Å². The summed E-state index contributed by atoms with van der Waals surface area (Å²) in [4.78, 5) is 20.8. The number of aromatic nitrogens is 5. The van der Waals surface area contributed by atoms with Gasteiger partial charge in [0.1, 0.15) is 29.1 Å². The van der Waals surface area contributed by atoms with Gasteiger partial charge in [0.15, 0.2) is 5.01 Å². The largest absolute Gasteiger partial charge is 0.478 e. The first-order valence-corrected chi connectivity index (χ1v) is 14.1. The van der Waals surface area contributed by atoms with E-state index >= 15 is 8.78 Å². The predicted octanol–water partition coefficient (Wildman–Crippen LogP) is 6.00. The molecule has 2 aromatic carbocycles. The van der Waals surface area contributed by atoms with Gasteiger partial charge < -0.3 is 19.1 Å². The van der Waals surface area contributed by atoms with Crippen molar-refractivity contribution in [1.82, 2.24) is 24.7 Å². The fourth-order valence-corrected chi connectivity index (χ4v) is 5.82. The highest BCUT2D eigenvalue weighted by atomic mass is 32.1. The number of rotatable bonds is 8. The molecule has 1 N–H and O–H groups in total. The number of carboxylic acids is 1. The second kappa shape index (κ2) is 10.8. The lowest BCUT2D eigenvalue weighted by Crippen LogP contribution is -2.27. The fraction of sp³-hybridized carbons (Fsp3) is 0.300. The number of hydrogen-bond donors (Lipinski definition) is 1. The lowest BCUT2D eigenvalue weighted by Gasteiger charge is -2.28. The zero-order valence-corrected chi connectivity index (χ0v) is 23.9. The van der Waals surface area contributed by atoms with E-state index in [1.54, 1.807) is 30.3 Å². The summed E-state index contributed by atoms with van der Waals surface area (Å²) in [6.07, 6.45) is -0.00938. The topological polar surface area (TPSA) is 112 Å². The number of benzene rings is 2. The Labute approximate surface area is 243 Å². The van der Waals surface area contributed by atoms with E-state index in [0.717, 1.165) is 17.1 Å². The van der Waals surface area contributed by atoms with Gasteiger partial charge in [-0.05, 0) is 48.9 Å². The summed E-state index contributed by atoms with van der Waals surface area (Å²) in [6.45, 7) is 7.00. The van der Waals surface area contributed by atoms with Crippen LogP contribution in [0.25, 0.3) is 22.3 Å². The zero-order chi connectivity index (χ0) is 29.6. The van der Waals surface area contributed by atoms with Crippen molar-refractivity contribution in [3.05, 3.63) is 87.1 Å². The molecular formula is C30H27F2N5O4S. The van der Waals surface area contributed by atoms with Gasteiger partial charge >= 0.3 is 5.97 Å². The first kappa shape index (κ1) is 27.9. The summed E-state index contributed by atoms with van der Waals surface area (Å²) >= 11 is 1.40. The van der Waals surface area contributed by atoms with Crippen molar-refractivity contribution < 1.29 is 28.2 Å². The van der Waals surface area contributed by atoms with Crippen LogP contribution < -0.4 is 4.74 Å². The van der Waals surface area contributed by atoms with Crippen molar-refractivity contribution in [1.29, 1.82) is 0 Å². The van der Waals surface area contributed by atoms with Crippen LogP contribution in [-0.2, 0) is 17.8 Å². The maximum atomic E-state index is 15.6. The molecule has 42 heavy (non-hydrogen) atoms. The monoisotopic (exact) mass is 591 g/mol. The smallest absolute Gasteiger partial charge is 0.335 e. The fourth-order valence-electron chi connectivity index (χ4n) is 5.19. The summed E-state index contributed by atoms with van der Waals surface area (Å²) in [5, 5.41) is 19.0. The van der Waals surface area contributed by atoms with E-state index in [-0.39, 0.29) is 52.7 Å². The van der Waals surface area contributed by atoms with Crippen molar-refractivity contribution >= 4 is 28.3 Å². The summed E-state index contributed by atoms with van der Waals surface area (Å²) in [5.74, 6) is -1.58. The third-order valence-corrected chi connectivity index (χ3v) is 8.18. The molecule has 0 bridgehead atoms. The lowest BCUT2D eigenvalue weighted by atomic mass is 9.87. The number of nitrogens with zero attached hydrogens (tertiary/aromatic N) is 5. The molecule has 0 radical (unpaired) electrons. The van der Waals surface area contributed by atoms with Gasteiger partial charge in [-0.25, -0.2) is 23.5 Å². The number of aromatic carboxylic acids is 1. The quantitative estimate of drug-likeness (QED) is 0.234. The van der Waals surface area contributed by atoms with E-state index in [4.69, 9.17) is 14.5 Å². The van der Waals surface area contributed by atoms with Crippen molar-refractivity contribution in [3.63, 3.8) is 0 Å². The third-order valence-electron chi connectivity index (χ3n) is 7.37. The van der Waals surface area contributed by atoms with E-state index in [0.29, 0.717) is 35.1 Å². The molecule has 1 aliphatic heterocycles. The molecule has 5 aromatic rings. The molecule has 1 fully saturated rings. The van der Waals surface area contributed by atoms with Crippen LogP contribution in [0.4, 0.5) is 8.78 Å². The average Bonchev–Trinajstić information content (AvgIpc) is 3.64. The number of imidazole rings is 1. The van der Waals surface area contributed by atoms with Crippen LogP contribution in [0.2, 0.25) is 0 Å². The Kier molecular flexibility index (Phi) is 7.19. The van der Waals surface area contributed by atoms with Crippen LogP contribution in [0, 0.1) is 24.0 Å². The number of carbonyl (C=O) groups is 1. The molecule has 216 valence electrons.